The Morgan fingerprint density at radius 3 is 1.94 bits per heavy atom. The number of hydrogen-bond acceptors (Lipinski definition) is 3. The van der Waals surface area contributed by atoms with Crippen LogP contribution in [-0.2, 0) is 5.72 Å². The van der Waals surface area contributed by atoms with Crippen LogP contribution in [0.25, 0.3) is 0 Å². The Kier molecular flexibility index (Phi) is 5.43. The zero-order valence-corrected chi connectivity index (χ0v) is 19.1. The fraction of sp³-hybridized carbons (Fsp3) is 0.0800. The summed E-state index contributed by atoms with van der Waals surface area (Å²) in [5.74, 6) is 0. The number of carbonyl (C=O) groups is 1. The number of amides is 2. The van der Waals surface area contributed by atoms with E-state index < -0.39 is 11.8 Å². The number of rotatable bonds is 4. The molecule has 160 valence electrons. The van der Waals surface area contributed by atoms with Gasteiger partial charge in [-0.15, -0.1) is 11.3 Å². The minimum Gasteiger partial charge on any atom is -0.364 e. The van der Waals surface area contributed by atoms with Gasteiger partial charge in [-0.25, -0.2) is 4.79 Å². The first-order valence-corrected chi connectivity index (χ1v) is 11.6. The molecule has 3 aromatic carbocycles. The third kappa shape index (κ3) is 3.38. The molecule has 2 amide bonds. The Labute approximate surface area is 199 Å². The molecule has 1 aliphatic rings. The minimum absolute atomic E-state index is 0.348. The van der Waals surface area contributed by atoms with E-state index in [0.29, 0.717) is 27.0 Å². The van der Waals surface area contributed by atoms with Crippen LogP contribution in [0, 0.1) is 0 Å². The summed E-state index contributed by atoms with van der Waals surface area (Å²) in [6.07, 6.45) is 0. The fourth-order valence-electron chi connectivity index (χ4n) is 4.17. The van der Waals surface area contributed by atoms with Crippen LogP contribution in [0.1, 0.15) is 16.5 Å². The highest BCUT2D eigenvalue weighted by molar-refractivity contribution is 7.10. The van der Waals surface area contributed by atoms with Gasteiger partial charge in [0.15, 0.2) is 5.72 Å². The number of nitrogens with zero attached hydrogens (tertiary/aromatic N) is 2. The van der Waals surface area contributed by atoms with Gasteiger partial charge in [0, 0.05) is 31.9 Å². The van der Waals surface area contributed by atoms with E-state index in [1.165, 1.54) is 16.2 Å². The molecule has 4 aromatic rings. The maximum Gasteiger partial charge on any atom is 0.332 e. The van der Waals surface area contributed by atoms with E-state index in [1.54, 1.807) is 53.4 Å². The molecule has 1 fully saturated rings. The van der Waals surface area contributed by atoms with Crippen LogP contribution in [0.4, 0.5) is 16.2 Å². The highest BCUT2D eigenvalue weighted by Gasteiger charge is 2.59. The Balaban J connectivity index is 1.78. The van der Waals surface area contributed by atoms with Gasteiger partial charge in [0.2, 0.25) is 0 Å². The van der Waals surface area contributed by atoms with Gasteiger partial charge in [0.05, 0.1) is 0 Å². The highest BCUT2D eigenvalue weighted by atomic mass is 35.5. The number of halogens is 2. The molecule has 0 bridgehead atoms. The molecule has 2 heterocycles. The number of anilines is 2. The van der Waals surface area contributed by atoms with Gasteiger partial charge in [-0.3, -0.25) is 9.80 Å². The number of benzene rings is 3. The maximum absolute atomic E-state index is 14.0. The van der Waals surface area contributed by atoms with Crippen LogP contribution >= 0.6 is 34.5 Å². The van der Waals surface area contributed by atoms with Gasteiger partial charge in [-0.1, -0.05) is 59.6 Å². The lowest BCUT2D eigenvalue weighted by Crippen LogP contribution is -2.45. The molecule has 1 aliphatic heterocycles. The number of thiophene rings is 1. The van der Waals surface area contributed by atoms with Gasteiger partial charge in [-0.05, 0) is 60.0 Å². The van der Waals surface area contributed by atoms with Gasteiger partial charge in [0.25, 0.3) is 0 Å². The van der Waals surface area contributed by atoms with Crippen molar-refractivity contribution < 1.29 is 9.90 Å². The predicted molar refractivity (Wildman–Crippen MR) is 131 cm³/mol. The molecular formula is C25H18Cl2N2O2S. The number of carbonyl (C=O) groups excluding carboxylic acids is 1. The molecule has 5 rings (SSSR count). The van der Waals surface area contributed by atoms with Crippen molar-refractivity contribution in [1.29, 1.82) is 0 Å². The van der Waals surface area contributed by atoms with E-state index in [2.05, 4.69) is 0 Å². The Morgan fingerprint density at radius 1 is 0.781 bits per heavy atom. The zero-order chi connectivity index (χ0) is 22.3. The second-order valence-corrected chi connectivity index (χ2v) is 9.30. The molecule has 1 saturated heterocycles. The van der Waals surface area contributed by atoms with Gasteiger partial charge in [-0.2, -0.15) is 0 Å². The molecule has 1 N–H and O–H groups in total. The van der Waals surface area contributed by atoms with E-state index in [4.69, 9.17) is 23.2 Å². The van der Waals surface area contributed by atoms with E-state index in [9.17, 15) is 9.90 Å². The van der Waals surface area contributed by atoms with E-state index in [1.807, 2.05) is 47.8 Å². The first kappa shape index (κ1) is 21.0. The summed E-state index contributed by atoms with van der Waals surface area (Å²) in [5.41, 5.74) is 0.127. The monoisotopic (exact) mass is 480 g/mol. The first-order valence-electron chi connectivity index (χ1n) is 9.96. The lowest BCUT2D eigenvalue weighted by Gasteiger charge is -2.36. The summed E-state index contributed by atoms with van der Waals surface area (Å²) < 4.78 is 0. The van der Waals surface area contributed by atoms with Gasteiger partial charge < -0.3 is 5.11 Å². The maximum atomic E-state index is 14.0. The van der Waals surface area contributed by atoms with Crippen molar-refractivity contribution in [2.75, 3.05) is 9.80 Å². The topological polar surface area (TPSA) is 43.8 Å². The number of aliphatic hydroxyl groups is 1. The third-order valence-corrected chi connectivity index (χ3v) is 7.01. The van der Waals surface area contributed by atoms with Crippen molar-refractivity contribution in [3.8, 4) is 0 Å². The molecule has 0 aliphatic carbocycles. The normalized spacial score (nSPS) is 20.7. The lowest BCUT2D eigenvalue weighted by atomic mass is 9.92. The van der Waals surface area contributed by atoms with Crippen molar-refractivity contribution in [1.82, 2.24) is 0 Å². The molecule has 2 unspecified atom stereocenters. The average molecular weight is 481 g/mol. The SMILES string of the molecule is O=C1N(c2ccc(Cl)cc2)C(c2cccs2)C(O)(c2ccccc2)N1c1ccc(Cl)cc1. The summed E-state index contributed by atoms with van der Waals surface area (Å²) in [7, 11) is 0. The van der Waals surface area contributed by atoms with E-state index >= 15 is 0 Å². The van der Waals surface area contributed by atoms with Crippen molar-refractivity contribution >= 4 is 51.9 Å². The van der Waals surface area contributed by atoms with Gasteiger partial charge in [0.1, 0.15) is 6.04 Å². The lowest BCUT2D eigenvalue weighted by molar-refractivity contribution is 0.0323. The van der Waals surface area contributed by atoms with Crippen molar-refractivity contribution in [2.45, 2.75) is 11.8 Å². The first-order chi connectivity index (χ1) is 15.5. The molecule has 2 atom stereocenters. The summed E-state index contributed by atoms with van der Waals surface area (Å²) in [6, 6.07) is 26.0. The molecule has 0 saturated carbocycles. The summed E-state index contributed by atoms with van der Waals surface area (Å²) in [5, 5.41) is 15.5. The second kappa shape index (κ2) is 8.26. The summed E-state index contributed by atoms with van der Waals surface area (Å²) in [6.45, 7) is 0. The van der Waals surface area contributed by atoms with Gasteiger partial charge >= 0.3 is 6.03 Å². The molecule has 0 spiro atoms. The Bertz CT molecular complexity index is 1230. The summed E-state index contributed by atoms with van der Waals surface area (Å²) >= 11 is 13.7. The van der Waals surface area contributed by atoms with E-state index in [0.717, 1.165) is 4.88 Å². The van der Waals surface area contributed by atoms with Crippen molar-refractivity contribution in [2.24, 2.45) is 0 Å². The quantitative estimate of drug-likeness (QED) is 0.338. The molecule has 1 aromatic heterocycles. The fourth-order valence-corrected chi connectivity index (χ4v) is 5.29. The molecule has 0 radical (unpaired) electrons. The standard InChI is InChI=1S/C25H18Cl2N2O2S/c26-18-8-12-20(13-9-18)28-23(22-7-4-16-32-22)25(31,17-5-2-1-3-6-17)29(24(28)30)21-14-10-19(27)11-15-21/h1-16,23,31H. The largest absolute Gasteiger partial charge is 0.364 e. The van der Waals surface area contributed by atoms with Crippen LogP contribution in [0.15, 0.2) is 96.4 Å². The molecule has 7 heteroatoms. The second-order valence-electron chi connectivity index (χ2n) is 7.45. The van der Waals surface area contributed by atoms with Crippen LogP contribution in [0.5, 0.6) is 0 Å². The summed E-state index contributed by atoms with van der Waals surface area (Å²) in [4.78, 5) is 17.9. The van der Waals surface area contributed by atoms with Crippen LogP contribution in [0.3, 0.4) is 0 Å². The Hall–Kier alpha value is -2.83. The van der Waals surface area contributed by atoms with Crippen molar-refractivity contribution in [3.63, 3.8) is 0 Å². The van der Waals surface area contributed by atoms with Crippen LogP contribution < -0.4 is 9.80 Å². The van der Waals surface area contributed by atoms with E-state index in [-0.39, 0.29) is 6.03 Å². The highest BCUT2D eigenvalue weighted by Crippen LogP contribution is 2.52. The molecule has 4 nitrogen and oxygen atoms in total. The van der Waals surface area contributed by atoms with Crippen LogP contribution in [0.2, 0.25) is 10.0 Å². The number of hydrogen-bond donors (Lipinski definition) is 1. The Morgan fingerprint density at radius 2 is 1.38 bits per heavy atom. The third-order valence-electron chi connectivity index (χ3n) is 5.58. The van der Waals surface area contributed by atoms with Crippen molar-refractivity contribution in [3.05, 3.63) is 117 Å². The average Bonchev–Trinajstić information content (AvgIpc) is 3.41. The molecular weight excluding hydrogens is 463 g/mol. The molecule has 32 heavy (non-hydrogen) atoms. The van der Waals surface area contributed by atoms with Crippen LogP contribution in [-0.4, -0.2) is 11.1 Å². The minimum atomic E-state index is -1.67. The number of urea groups is 1. The zero-order valence-electron chi connectivity index (χ0n) is 16.7. The predicted octanol–water partition coefficient (Wildman–Crippen LogP) is 7.09. The smallest absolute Gasteiger partial charge is 0.332 e.